The summed E-state index contributed by atoms with van der Waals surface area (Å²) in [7, 11) is -3.93. The minimum absolute atomic E-state index is 0.109. The third kappa shape index (κ3) is 5.67. The number of hydrogen-bond acceptors (Lipinski definition) is 4. The summed E-state index contributed by atoms with van der Waals surface area (Å²) in [5.74, 6) is -2.23. The van der Waals surface area contributed by atoms with Crippen molar-refractivity contribution in [1.29, 1.82) is 0 Å². The van der Waals surface area contributed by atoms with Gasteiger partial charge >= 0.3 is 5.97 Å². The van der Waals surface area contributed by atoms with E-state index in [1.54, 1.807) is 18.2 Å². The first-order chi connectivity index (χ1) is 14.0. The number of carboxylic acid groups (broad SMARTS) is 1. The standard InChI is InChI=1S/C23H28O5S/c24-22(25)21(17-9-12-18-10-3-1-4-11-18)23(28-19-13-7-8-14-19)29(26,27)20-15-5-2-6-16-20/h1-6,10-11,15-16,19,21,23H,7-9,12-14,17H2,(H,24,25). The van der Waals surface area contributed by atoms with Gasteiger partial charge in [-0.05, 0) is 49.8 Å². The lowest BCUT2D eigenvalue weighted by Crippen LogP contribution is -2.39. The van der Waals surface area contributed by atoms with Crippen molar-refractivity contribution in [3.8, 4) is 0 Å². The molecule has 29 heavy (non-hydrogen) atoms. The molecular formula is C23H28O5S. The number of aryl methyl sites for hydroxylation is 1. The average Bonchev–Trinajstić information content (AvgIpc) is 3.24. The second-order valence-corrected chi connectivity index (χ2v) is 9.62. The third-order valence-corrected chi connectivity index (χ3v) is 7.46. The van der Waals surface area contributed by atoms with Crippen molar-refractivity contribution < 1.29 is 23.1 Å². The summed E-state index contributed by atoms with van der Waals surface area (Å²) in [5, 5.41) is 9.88. The van der Waals surface area contributed by atoms with E-state index < -0.39 is 27.2 Å². The van der Waals surface area contributed by atoms with Gasteiger partial charge in [0, 0.05) is 0 Å². The van der Waals surface area contributed by atoms with E-state index in [1.807, 2.05) is 30.3 Å². The molecule has 0 amide bonds. The van der Waals surface area contributed by atoms with Crippen LogP contribution in [-0.2, 0) is 25.8 Å². The summed E-state index contributed by atoms with van der Waals surface area (Å²) in [6, 6.07) is 17.8. The maximum atomic E-state index is 13.3. The summed E-state index contributed by atoms with van der Waals surface area (Å²) >= 11 is 0. The molecule has 2 atom stereocenters. The van der Waals surface area contributed by atoms with Crippen LogP contribution in [0.4, 0.5) is 0 Å². The molecule has 2 aromatic carbocycles. The largest absolute Gasteiger partial charge is 0.481 e. The molecule has 0 aromatic heterocycles. The first kappa shape index (κ1) is 21.5. The summed E-state index contributed by atoms with van der Waals surface area (Å²) in [5.41, 5.74) is -0.267. The highest BCUT2D eigenvalue weighted by Gasteiger charge is 2.41. The Balaban J connectivity index is 1.81. The minimum atomic E-state index is -3.93. The van der Waals surface area contributed by atoms with Gasteiger partial charge in [-0.1, -0.05) is 61.4 Å². The van der Waals surface area contributed by atoms with Crippen LogP contribution in [0.25, 0.3) is 0 Å². The molecule has 0 radical (unpaired) electrons. The van der Waals surface area contributed by atoms with E-state index in [4.69, 9.17) is 4.74 Å². The number of benzene rings is 2. The van der Waals surface area contributed by atoms with Crippen LogP contribution in [0.3, 0.4) is 0 Å². The first-order valence-electron chi connectivity index (χ1n) is 10.2. The Labute approximate surface area is 172 Å². The fourth-order valence-corrected chi connectivity index (χ4v) is 5.68. The van der Waals surface area contributed by atoms with Gasteiger partial charge in [0.05, 0.1) is 16.9 Å². The summed E-state index contributed by atoms with van der Waals surface area (Å²) in [6.07, 6.45) is 4.84. The Kier molecular flexibility index (Phi) is 7.45. The lowest BCUT2D eigenvalue weighted by molar-refractivity contribution is -0.146. The SMILES string of the molecule is O=C(O)C(CCCc1ccccc1)C(OC1CCCC1)S(=O)(=O)c1ccccc1. The zero-order valence-electron chi connectivity index (χ0n) is 16.4. The van der Waals surface area contributed by atoms with E-state index in [9.17, 15) is 18.3 Å². The second-order valence-electron chi connectivity index (χ2n) is 7.59. The van der Waals surface area contributed by atoms with Gasteiger partial charge in [0.15, 0.2) is 5.44 Å². The molecule has 0 bridgehead atoms. The molecule has 1 fully saturated rings. The van der Waals surface area contributed by atoms with Crippen molar-refractivity contribution in [2.24, 2.45) is 5.92 Å². The van der Waals surface area contributed by atoms with E-state index in [0.29, 0.717) is 12.8 Å². The monoisotopic (exact) mass is 416 g/mol. The zero-order valence-corrected chi connectivity index (χ0v) is 17.3. The maximum absolute atomic E-state index is 13.3. The second kappa shape index (κ2) is 10.0. The van der Waals surface area contributed by atoms with Gasteiger partial charge in [-0.15, -0.1) is 0 Å². The smallest absolute Gasteiger partial charge is 0.310 e. The van der Waals surface area contributed by atoms with Gasteiger partial charge in [0.1, 0.15) is 0 Å². The van der Waals surface area contributed by atoms with Crippen LogP contribution in [0, 0.1) is 5.92 Å². The van der Waals surface area contributed by atoms with Crippen LogP contribution in [0.1, 0.15) is 44.1 Å². The molecule has 1 aliphatic rings. The highest BCUT2D eigenvalue weighted by molar-refractivity contribution is 7.92. The lowest BCUT2D eigenvalue weighted by Gasteiger charge is -2.27. The van der Waals surface area contributed by atoms with Crippen LogP contribution < -0.4 is 0 Å². The summed E-state index contributed by atoms with van der Waals surface area (Å²) in [6.45, 7) is 0. The van der Waals surface area contributed by atoms with E-state index in [2.05, 4.69) is 0 Å². The fraction of sp³-hybridized carbons (Fsp3) is 0.435. The molecule has 1 aliphatic carbocycles. The zero-order chi connectivity index (χ0) is 20.7. The highest BCUT2D eigenvalue weighted by Crippen LogP contribution is 2.31. The van der Waals surface area contributed by atoms with Crippen LogP contribution >= 0.6 is 0 Å². The Hall–Kier alpha value is -2.18. The Morgan fingerprint density at radius 3 is 2.17 bits per heavy atom. The molecule has 6 heteroatoms. The number of sulfone groups is 1. The quantitative estimate of drug-likeness (QED) is 0.618. The Morgan fingerprint density at radius 2 is 1.59 bits per heavy atom. The number of ether oxygens (including phenoxy) is 1. The Bertz CT molecular complexity index is 874. The van der Waals surface area contributed by atoms with Crippen molar-refractivity contribution in [2.75, 3.05) is 0 Å². The van der Waals surface area contributed by atoms with Crippen molar-refractivity contribution in [2.45, 2.75) is 61.4 Å². The van der Waals surface area contributed by atoms with Gasteiger partial charge in [-0.3, -0.25) is 4.79 Å². The predicted molar refractivity (Wildman–Crippen MR) is 111 cm³/mol. The van der Waals surface area contributed by atoms with Crippen molar-refractivity contribution in [1.82, 2.24) is 0 Å². The molecular weight excluding hydrogens is 388 g/mol. The topological polar surface area (TPSA) is 80.7 Å². The molecule has 1 saturated carbocycles. The first-order valence-corrected chi connectivity index (χ1v) is 11.7. The summed E-state index contributed by atoms with van der Waals surface area (Å²) in [4.78, 5) is 12.2. The molecule has 156 valence electrons. The number of rotatable bonds is 10. The minimum Gasteiger partial charge on any atom is -0.481 e. The third-order valence-electron chi connectivity index (χ3n) is 5.48. The fourth-order valence-electron chi connectivity index (χ4n) is 3.89. The van der Waals surface area contributed by atoms with Crippen LogP contribution in [0.15, 0.2) is 65.6 Å². The van der Waals surface area contributed by atoms with Crippen LogP contribution in [0.2, 0.25) is 0 Å². The molecule has 1 N–H and O–H groups in total. The average molecular weight is 417 g/mol. The molecule has 0 spiro atoms. The van der Waals surface area contributed by atoms with E-state index in [0.717, 1.165) is 31.2 Å². The number of carbonyl (C=O) groups is 1. The van der Waals surface area contributed by atoms with Crippen LogP contribution in [-0.4, -0.2) is 31.0 Å². The molecule has 2 unspecified atom stereocenters. The van der Waals surface area contributed by atoms with Gasteiger partial charge in [-0.2, -0.15) is 0 Å². The van der Waals surface area contributed by atoms with Gasteiger partial charge in [0.25, 0.3) is 0 Å². The Morgan fingerprint density at radius 1 is 1.00 bits per heavy atom. The van der Waals surface area contributed by atoms with Gasteiger partial charge in [-0.25, -0.2) is 8.42 Å². The van der Waals surface area contributed by atoms with Crippen LogP contribution in [0.5, 0.6) is 0 Å². The normalized spacial score (nSPS) is 17.1. The van der Waals surface area contributed by atoms with E-state index in [1.165, 1.54) is 12.1 Å². The van der Waals surface area contributed by atoms with Crippen molar-refractivity contribution in [3.05, 3.63) is 66.2 Å². The molecule has 2 aromatic rings. The number of aliphatic carboxylic acids is 1. The molecule has 0 aliphatic heterocycles. The predicted octanol–water partition coefficient (Wildman–Crippen LogP) is 4.47. The van der Waals surface area contributed by atoms with E-state index in [-0.39, 0.29) is 17.4 Å². The molecule has 0 heterocycles. The molecule has 3 rings (SSSR count). The highest BCUT2D eigenvalue weighted by atomic mass is 32.2. The van der Waals surface area contributed by atoms with Gasteiger partial charge < -0.3 is 9.84 Å². The van der Waals surface area contributed by atoms with Crippen molar-refractivity contribution >= 4 is 15.8 Å². The number of carboxylic acids is 1. The summed E-state index contributed by atoms with van der Waals surface area (Å²) < 4.78 is 32.6. The number of hydrogen-bond donors (Lipinski definition) is 1. The maximum Gasteiger partial charge on any atom is 0.310 e. The van der Waals surface area contributed by atoms with Gasteiger partial charge in [0.2, 0.25) is 9.84 Å². The lowest BCUT2D eigenvalue weighted by atomic mass is 10.00. The van der Waals surface area contributed by atoms with E-state index >= 15 is 0 Å². The molecule has 0 saturated heterocycles. The van der Waals surface area contributed by atoms with Crippen molar-refractivity contribution in [3.63, 3.8) is 0 Å². The molecule has 5 nitrogen and oxygen atoms in total.